The van der Waals surface area contributed by atoms with Crippen molar-refractivity contribution in [2.45, 2.75) is 0 Å². The van der Waals surface area contributed by atoms with Crippen molar-refractivity contribution in [2.75, 3.05) is 0 Å². The second-order valence-electron chi connectivity index (χ2n) is 7.41. The summed E-state index contributed by atoms with van der Waals surface area (Å²) >= 11 is 42.8. The van der Waals surface area contributed by atoms with Crippen LogP contribution in [0.1, 0.15) is 0 Å². The first-order valence-electron chi connectivity index (χ1n) is 9.09. The fourth-order valence-electron chi connectivity index (χ4n) is 3.66. The van der Waals surface area contributed by atoms with E-state index in [4.69, 9.17) is 27.1 Å². The predicted molar refractivity (Wildman–Crippen MR) is 182 cm³/mol. The first-order valence-corrected chi connectivity index (χ1v) is 20.8. The third-order valence-electron chi connectivity index (χ3n) is 5.21. The number of hydrogen-bond acceptors (Lipinski definition) is 6. The van der Waals surface area contributed by atoms with Gasteiger partial charge >= 0.3 is 314 Å². The van der Waals surface area contributed by atoms with Gasteiger partial charge in [-0.2, -0.15) is 0 Å². The van der Waals surface area contributed by atoms with Crippen LogP contribution >= 0.6 is 198 Å². The van der Waals surface area contributed by atoms with Crippen LogP contribution in [0.5, 0.6) is 34.5 Å². The van der Waals surface area contributed by atoms with Crippen LogP contribution in [-0.2, 0) is 0 Å². The van der Waals surface area contributed by atoms with Gasteiger partial charge in [0.05, 0.1) is 0 Å². The van der Waals surface area contributed by atoms with Crippen molar-refractivity contribution in [3.8, 4) is 34.5 Å². The second kappa shape index (κ2) is 9.09. The van der Waals surface area contributed by atoms with E-state index >= 15 is 0 Å². The van der Waals surface area contributed by atoms with Crippen LogP contribution in [-0.4, -0.2) is 0 Å². The maximum absolute atomic E-state index is 6.64. The van der Waals surface area contributed by atoms with E-state index in [9.17, 15) is 0 Å². The van der Waals surface area contributed by atoms with Crippen molar-refractivity contribution in [1.29, 1.82) is 0 Å². The molecule has 1 spiro atoms. The first kappa shape index (κ1) is 29.7. The van der Waals surface area contributed by atoms with Crippen molar-refractivity contribution in [1.82, 2.24) is 0 Å². The molecular formula is C18Br12O6P-. The molecule has 0 saturated carbocycles. The second-order valence-corrected chi connectivity index (χ2v) is 20.3. The van der Waals surface area contributed by atoms with Gasteiger partial charge in [-0.25, -0.2) is 0 Å². The van der Waals surface area contributed by atoms with Gasteiger partial charge in [0.1, 0.15) is 0 Å². The molecule has 0 saturated heterocycles. The van der Waals surface area contributed by atoms with E-state index in [0.29, 0.717) is 53.7 Å². The average Bonchev–Trinajstić information content (AvgIpc) is 3.48. The number of hydrogen-bond donors (Lipinski definition) is 0. The maximum atomic E-state index is 6.64. The minimum atomic E-state index is -6.26. The molecule has 0 radical (unpaired) electrons. The van der Waals surface area contributed by atoms with Crippen LogP contribution in [0.2, 0.25) is 0 Å². The summed E-state index contributed by atoms with van der Waals surface area (Å²) in [4.78, 5) is 0. The molecule has 3 aromatic carbocycles. The van der Waals surface area contributed by atoms with Crippen LogP contribution < -0.4 is 27.1 Å². The molecule has 19 heteroatoms. The molecule has 198 valence electrons. The van der Waals surface area contributed by atoms with Crippen molar-refractivity contribution >= 4 is 198 Å². The summed E-state index contributed by atoms with van der Waals surface area (Å²) in [5.41, 5.74) is 0. The van der Waals surface area contributed by atoms with E-state index < -0.39 is 7.31 Å². The molecule has 0 bridgehead atoms. The van der Waals surface area contributed by atoms with Gasteiger partial charge in [0.25, 0.3) is 0 Å². The van der Waals surface area contributed by atoms with Gasteiger partial charge in [-0.05, 0) is 0 Å². The van der Waals surface area contributed by atoms with Crippen LogP contribution in [0.25, 0.3) is 0 Å². The number of rotatable bonds is 0. The summed E-state index contributed by atoms with van der Waals surface area (Å²) in [5.74, 6) is 1.30. The minimum absolute atomic E-state index is 0.217. The third-order valence-corrected chi connectivity index (χ3v) is 22.6. The Kier molecular flexibility index (Phi) is 7.30. The summed E-state index contributed by atoms with van der Waals surface area (Å²) in [6, 6.07) is 0. The van der Waals surface area contributed by atoms with Crippen LogP contribution in [0.15, 0.2) is 53.7 Å². The zero-order valence-electron chi connectivity index (χ0n) is 16.4. The monoisotopic (exact) mass is 1290 g/mol. The summed E-state index contributed by atoms with van der Waals surface area (Å²) < 4.78 is 46.7. The van der Waals surface area contributed by atoms with Gasteiger partial charge in [0, 0.05) is 0 Å². The Labute approximate surface area is 308 Å². The molecule has 0 aromatic heterocycles. The molecule has 0 N–H and O–H groups in total. The van der Waals surface area contributed by atoms with Crippen LogP contribution in [0.3, 0.4) is 0 Å². The Hall–Kier alpha value is 2.65. The molecule has 3 heterocycles. The van der Waals surface area contributed by atoms with Gasteiger partial charge in [-0.3, -0.25) is 0 Å². The molecule has 6 nitrogen and oxygen atoms in total. The molecule has 0 atom stereocenters. The van der Waals surface area contributed by atoms with Crippen molar-refractivity contribution in [2.24, 2.45) is 0 Å². The van der Waals surface area contributed by atoms with E-state index in [0.717, 1.165) is 0 Å². The van der Waals surface area contributed by atoms with E-state index in [1.807, 2.05) is 0 Å². The first-order chi connectivity index (χ1) is 17.1. The third kappa shape index (κ3) is 3.82. The molecule has 3 aliphatic heterocycles. The Balaban J connectivity index is 1.72. The quantitative estimate of drug-likeness (QED) is 0.127. The molecule has 0 amide bonds. The molecule has 3 aromatic rings. The fraction of sp³-hybridized carbons (Fsp3) is 0. The SMILES string of the molecule is Brc1c(Br)c(Br)c2c(c1Br)O[P-]13(O2)(Oc2c(Br)c(Br)c(Br)c(Br)c2O1)Oc1c(Br)c(Br)c(Br)c(Br)c1O3. The molecule has 37 heavy (non-hydrogen) atoms. The van der Waals surface area contributed by atoms with Gasteiger partial charge in [-0.15, -0.1) is 0 Å². The Morgan fingerprint density at radius 3 is 0.514 bits per heavy atom. The van der Waals surface area contributed by atoms with Crippen molar-refractivity contribution in [3.63, 3.8) is 0 Å². The van der Waals surface area contributed by atoms with Crippen molar-refractivity contribution in [3.05, 3.63) is 53.7 Å². The van der Waals surface area contributed by atoms with Crippen LogP contribution in [0, 0.1) is 0 Å². The summed E-state index contributed by atoms with van der Waals surface area (Å²) in [6.07, 6.45) is 0. The summed E-state index contributed by atoms with van der Waals surface area (Å²) in [6.45, 7) is 0. The summed E-state index contributed by atoms with van der Waals surface area (Å²) in [7, 11) is -6.26. The number of benzene rings is 3. The normalized spacial score (nSPS) is 20.1. The molecule has 0 unspecified atom stereocenters. The summed E-state index contributed by atoms with van der Waals surface area (Å²) in [5, 5.41) is 0. The predicted octanol–water partition coefficient (Wildman–Crippen LogP) is 14.1. The molecule has 6 rings (SSSR count). The van der Waals surface area contributed by atoms with Crippen molar-refractivity contribution < 1.29 is 27.1 Å². The van der Waals surface area contributed by atoms with Gasteiger partial charge in [0.2, 0.25) is 0 Å². The van der Waals surface area contributed by atoms with Gasteiger partial charge in [-0.1, -0.05) is 0 Å². The molecule has 0 aliphatic carbocycles. The van der Waals surface area contributed by atoms with E-state index in [-0.39, 0.29) is 34.5 Å². The Bertz CT molecular complexity index is 1350. The Morgan fingerprint density at radius 1 is 0.243 bits per heavy atom. The van der Waals surface area contributed by atoms with Crippen LogP contribution in [0.4, 0.5) is 0 Å². The number of fused-ring (bicyclic) bond motifs is 3. The zero-order valence-corrected chi connectivity index (χ0v) is 36.4. The average molecular weight is 1300 g/mol. The number of halogens is 12. The van der Waals surface area contributed by atoms with Gasteiger partial charge in [0.15, 0.2) is 0 Å². The molecule has 3 aliphatic rings. The standard InChI is InChI=1S/C18Br12O6P/c19-1-2(20)8(26)14-13(7(1)25)31-37(32-14,33-15-9(27)3(21)4(22)10(28)16(15)34-37)35-17-11(29)5(23)6(24)12(30)18(17)36-37/q-1. The Morgan fingerprint density at radius 2 is 0.378 bits per heavy atom. The molecular weight excluding hydrogens is 1300 g/mol. The topological polar surface area (TPSA) is 55.4 Å². The van der Waals surface area contributed by atoms with E-state index in [1.54, 1.807) is 0 Å². The molecule has 0 fully saturated rings. The van der Waals surface area contributed by atoms with E-state index in [2.05, 4.69) is 191 Å². The zero-order chi connectivity index (χ0) is 27.0. The van der Waals surface area contributed by atoms with E-state index in [1.165, 1.54) is 0 Å². The van der Waals surface area contributed by atoms with Gasteiger partial charge < -0.3 is 0 Å². The fourth-order valence-corrected chi connectivity index (χ4v) is 14.9.